The first kappa shape index (κ1) is 27.6. The molecule has 3 heterocycles. The number of nitrogens with zero attached hydrogens (tertiary/aromatic N) is 4. The Morgan fingerprint density at radius 3 is 2.14 bits per heavy atom. The highest BCUT2D eigenvalue weighted by atomic mass is 35.5. The molecule has 7 aromatic rings. The van der Waals surface area contributed by atoms with Gasteiger partial charge < -0.3 is 0 Å². The van der Waals surface area contributed by atoms with Crippen molar-refractivity contribution in [3.63, 3.8) is 0 Å². The Hall–Kier alpha value is -4.25. The van der Waals surface area contributed by atoms with Crippen molar-refractivity contribution in [2.45, 2.75) is 17.0 Å². The summed E-state index contributed by atoms with van der Waals surface area (Å²) in [5.41, 5.74) is -0.694. The van der Waals surface area contributed by atoms with E-state index in [2.05, 4.69) is 4.98 Å². The fourth-order valence-electron chi connectivity index (χ4n) is 4.98. The van der Waals surface area contributed by atoms with Crippen molar-refractivity contribution in [3.05, 3.63) is 124 Å². The number of hydrogen-bond donors (Lipinski definition) is 0. The molecule has 0 bridgehead atoms. The summed E-state index contributed by atoms with van der Waals surface area (Å²) in [6, 6.07) is 26.9. The van der Waals surface area contributed by atoms with Gasteiger partial charge in [-0.2, -0.15) is 13.2 Å². The van der Waals surface area contributed by atoms with Crippen LogP contribution in [0.15, 0.2) is 107 Å². The van der Waals surface area contributed by atoms with E-state index < -0.39 is 17.3 Å². The topological polar surface area (TPSA) is 60.7 Å². The number of rotatable bonds is 5. The summed E-state index contributed by atoms with van der Waals surface area (Å²) in [7, 11) is 0. The molecular weight excluding hydrogens is 613 g/mol. The molecule has 0 unspecified atom stereocenters. The number of alkyl halides is 3. The number of thiophene rings is 1. The van der Waals surface area contributed by atoms with Gasteiger partial charge in [0.05, 0.1) is 43.3 Å². The van der Waals surface area contributed by atoms with E-state index in [0.717, 1.165) is 31.0 Å². The lowest BCUT2D eigenvalue weighted by molar-refractivity contribution is -0.137. The van der Waals surface area contributed by atoms with Crippen LogP contribution in [0.5, 0.6) is 0 Å². The molecule has 212 valence electrons. The molecule has 0 atom stereocenters. The zero-order valence-corrected chi connectivity index (χ0v) is 24.4. The van der Waals surface area contributed by atoms with Crippen LogP contribution in [0.3, 0.4) is 0 Å². The minimum atomic E-state index is -4.67. The lowest BCUT2D eigenvalue weighted by atomic mass is 10.1. The van der Waals surface area contributed by atoms with Gasteiger partial charge in [0.2, 0.25) is 0 Å². The predicted molar refractivity (Wildman–Crippen MR) is 167 cm³/mol. The van der Waals surface area contributed by atoms with Crippen LogP contribution in [0, 0.1) is 0 Å². The van der Waals surface area contributed by atoms with Crippen LogP contribution in [-0.4, -0.2) is 19.5 Å². The molecule has 0 aliphatic rings. The van der Waals surface area contributed by atoms with Crippen LogP contribution in [0.4, 0.5) is 13.2 Å². The molecule has 0 saturated heterocycles. The molecule has 0 N–H and O–H groups in total. The molecule has 7 rings (SSSR count). The van der Waals surface area contributed by atoms with Crippen molar-refractivity contribution in [1.29, 1.82) is 0 Å². The second-order valence-electron chi connectivity index (χ2n) is 9.60. The molecule has 5 nitrogen and oxygen atoms in total. The Morgan fingerprint density at radius 1 is 0.767 bits per heavy atom. The third-order valence-corrected chi connectivity index (χ3v) is 9.60. The van der Waals surface area contributed by atoms with Crippen LogP contribution < -0.4 is 5.56 Å². The Labute approximate surface area is 255 Å². The molecule has 0 aliphatic carbocycles. The molecule has 3 aromatic heterocycles. The quantitative estimate of drug-likeness (QED) is 0.140. The second kappa shape index (κ2) is 10.8. The molecule has 43 heavy (non-hydrogen) atoms. The molecule has 4 aromatic carbocycles. The first-order valence-electron chi connectivity index (χ1n) is 13.0. The summed E-state index contributed by atoms with van der Waals surface area (Å²) in [6.07, 6.45) is -4.67. The van der Waals surface area contributed by atoms with E-state index in [4.69, 9.17) is 21.6 Å². The minimum absolute atomic E-state index is 0.0624. The maximum Gasteiger partial charge on any atom is 0.418 e. The average molecular weight is 631 g/mol. The van der Waals surface area contributed by atoms with Crippen molar-refractivity contribution in [3.8, 4) is 16.4 Å². The van der Waals surface area contributed by atoms with E-state index in [1.54, 1.807) is 24.3 Å². The third kappa shape index (κ3) is 4.95. The molecule has 0 aliphatic heterocycles. The number of halogens is 4. The van der Waals surface area contributed by atoms with Gasteiger partial charge >= 0.3 is 6.18 Å². The van der Waals surface area contributed by atoms with Crippen LogP contribution in [0.25, 0.3) is 48.3 Å². The van der Waals surface area contributed by atoms with Gasteiger partial charge in [0.1, 0.15) is 10.9 Å². The van der Waals surface area contributed by atoms with Crippen molar-refractivity contribution >= 4 is 66.6 Å². The van der Waals surface area contributed by atoms with Crippen LogP contribution in [0.2, 0.25) is 5.02 Å². The van der Waals surface area contributed by atoms with Gasteiger partial charge in [-0.1, -0.05) is 84.0 Å². The van der Waals surface area contributed by atoms with Crippen LogP contribution in [-0.2, 0) is 11.9 Å². The Kier molecular flexibility index (Phi) is 6.92. The van der Waals surface area contributed by atoms with E-state index in [1.165, 1.54) is 41.3 Å². The van der Waals surface area contributed by atoms with Crippen molar-refractivity contribution in [2.75, 3.05) is 0 Å². The first-order valence-corrected chi connectivity index (χ1v) is 15.2. The number of aromatic nitrogens is 4. The number of benzene rings is 4. The van der Waals surface area contributed by atoms with Gasteiger partial charge in [-0.25, -0.2) is 15.0 Å². The molecule has 0 fully saturated rings. The van der Waals surface area contributed by atoms with E-state index in [-0.39, 0.29) is 22.7 Å². The van der Waals surface area contributed by atoms with Crippen molar-refractivity contribution in [1.82, 2.24) is 19.5 Å². The third-order valence-electron chi connectivity index (χ3n) is 6.94. The van der Waals surface area contributed by atoms with E-state index >= 15 is 0 Å². The highest BCUT2D eigenvalue weighted by Crippen LogP contribution is 2.42. The van der Waals surface area contributed by atoms with Crippen LogP contribution >= 0.6 is 34.7 Å². The van der Waals surface area contributed by atoms with Gasteiger partial charge in [0.15, 0.2) is 5.82 Å². The summed E-state index contributed by atoms with van der Waals surface area (Å²) in [5.74, 6) is 0.667. The Morgan fingerprint density at radius 2 is 1.40 bits per heavy atom. The van der Waals surface area contributed by atoms with Crippen molar-refractivity contribution < 1.29 is 13.2 Å². The monoisotopic (exact) mass is 630 g/mol. The van der Waals surface area contributed by atoms with E-state index in [1.807, 2.05) is 48.5 Å². The van der Waals surface area contributed by atoms with Gasteiger partial charge in [-0.3, -0.25) is 9.36 Å². The zero-order chi connectivity index (χ0) is 29.7. The van der Waals surface area contributed by atoms with Gasteiger partial charge in [-0.15, -0.1) is 11.3 Å². The smallest absolute Gasteiger partial charge is 0.268 e. The highest BCUT2D eigenvalue weighted by molar-refractivity contribution is 7.98. The normalized spacial score (nSPS) is 12.0. The summed E-state index contributed by atoms with van der Waals surface area (Å²) < 4.78 is 44.3. The predicted octanol–water partition coefficient (Wildman–Crippen LogP) is 9.18. The van der Waals surface area contributed by atoms with Gasteiger partial charge in [-0.05, 0) is 36.4 Å². The highest BCUT2D eigenvalue weighted by Gasteiger charge is 2.34. The second-order valence-corrected chi connectivity index (χ2v) is 12.0. The van der Waals surface area contributed by atoms with E-state index in [9.17, 15) is 18.0 Å². The van der Waals surface area contributed by atoms with Crippen LogP contribution in [0.1, 0.15) is 11.4 Å². The maximum absolute atomic E-state index is 14.1. The summed E-state index contributed by atoms with van der Waals surface area (Å²) in [6.45, 7) is 0. The van der Waals surface area contributed by atoms with Gasteiger partial charge in [0, 0.05) is 15.5 Å². The van der Waals surface area contributed by atoms with Gasteiger partial charge in [0.25, 0.3) is 5.56 Å². The number of fused-ring (bicyclic) bond motifs is 3. The number of hydrogen-bond acceptors (Lipinski definition) is 6. The fourth-order valence-corrected chi connectivity index (χ4v) is 7.37. The summed E-state index contributed by atoms with van der Waals surface area (Å²) in [4.78, 5) is 28.8. The largest absolute Gasteiger partial charge is 0.418 e. The van der Waals surface area contributed by atoms with E-state index in [0.29, 0.717) is 26.9 Å². The Balaban J connectivity index is 1.38. The standard InChI is InChI=1S/C32H18ClF3N4OS2/c33-27-20-11-3-8-16-25(20)43-28(27)29-38-22-13-5-1-9-18(22)30(39-29)42-17-26-37-23-14-6-2-10-19(23)31(41)40(26)24-15-7-4-12-21(24)32(34,35)36/h1-16H,17H2. The molecule has 11 heteroatoms. The summed E-state index contributed by atoms with van der Waals surface area (Å²) >= 11 is 9.52. The lowest BCUT2D eigenvalue weighted by Gasteiger charge is -2.18. The average Bonchev–Trinajstić information content (AvgIpc) is 3.35. The molecular formula is C32H18ClF3N4OS2. The molecule has 0 amide bonds. The summed E-state index contributed by atoms with van der Waals surface area (Å²) in [5, 5.41) is 3.04. The zero-order valence-electron chi connectivity index (χ0n) is 22.0. The SMILES string of the molecule is O=c1c2ccccc2nc(CSc2nc(-c3sc4ccccc4c3Cl)nc3ccccc23)n1-c1ccccc1C(F)(F)F. The van der Waals surface area contributed by atoms with Crippen molar-refractivity contribution in [2.24, 2.45) is 0 Å². The number of thioether (sulfide) groups is 1. The first-order chi connectivity index (χ1) is 20.8. The fraction of sp³-hybridized carbons (Fsp3) is 0.0625. The molecule has 0 radical (unpaired) electrons. The molecule has 0 spiro atoms. The lowest BCUT2D eigenvalue weighted by Crippen LogP contribution is -2.26. The minimum Gasteiger partial charge on any atom is -0.268 e. The number of para-hydroxylation sites is 3. The maximum atomic E-state index is 14.1. The molecule has 0 saturated carbocycles. The Bertz CT molecular complexity index is 2250.